The molecule has 2 aromatic rings. The summed E-state index contributed by atoms with van der Waals surface area (Å²) >= 11 is 0. The summed E-state index contributed by atoms with van der Waals surface area (Å²) in [5.41, 5.74) is 3.68. The number of morpholine rings is 1. The van der Waals surface area contributed by atoms with E-state index in [1.54, 1.807) is 4.90 Å². The second-order valence-corrected chi connectivity index (χ2v) is 10.3. The van der Waals surface area contributed by atoms with E-state index < -0.39 is 12.3 Å². The Morgan fingerprint density at radius 1 is 0.947 bits per heavy atom. The number of alkyl carbamates (subject to hydrolysis) is 1. The van der Waals surface area contributed by atoms with Gasteiger partial charge in [0.15, 0.2) is 0 Å². The number of benzodiazepines with no additional fused rings is 1. The highest BCUT2D eigenvalue weighted by Gasteiger charge is 2.35. The number of fused-ring (bicyclic) bond motifs is 1. The summed E-state index contributed by atoms with van der Waals surface area (Å²) in [5, 5.41) is 2.79. The number of nitrogens with zero attached hydrogens (tertiary/aromatic N) is 3. The molecule has 5 rings (SSSR count). The van der Waals surface area contributed by atoms with Crippen molar-refractivity contribution in [2.24, 2.45) is 10.9 Å². The number of rotatable bonds is 7. The molecule has 2 amide bonds. The van der Waals surface area contributed by atoms with Crippen molar-refractivity contribution >= 4 is 23.4 Å². The van der Waals surface area contributed by atoms with Crippen molar-refractivity contribution in [3.8, 4) is 0 Å². The fourth-order valence-corrected chi connectivity index (χ4v) is 5.60. The SMILES string of the molecule is O=C(N[C@@H]1N=C(C2CCCCCC2)c2ccccc2N(CCN2CCOCC2)C1=O)OCc1ccccc1. The van der Waals surface area contributed by atoms with E-state index in [0.29, 0.717) is 19.8 Å². The standard InChI is InChI=1S/C30H38N4O4/c35-29-28(32-30(36)38-22-23-10-4-3-5-11-23)31-27(24-12-6-1-2-7-13-24)25-14-8-9-15-26(25)34(29)17-16-33-18-20-37-21-19-33/h3-5,8-11,14-15,24,28H,1-2,6-7,12-13,16-22H2,(H,32,36)/t28-/m0/s1. The molecule has 8 nitrogen and oxygen atoms in total. The van der Waals surface area contributed by atoms with Gasteiger partial charge < -0.3 is 14.4 Å². The van der Waals surface area contributed by atoms with Gasteiger partial charge in [-0.05, 0) is 24.5 Å². The molecule has 2 heterocycles. The minimum atomic E-state index is -1.03. The molecule has 38 heavy (non-hydrogen) atoms. The molecule has 3 aliphatic rings. The van der Waals surface area contributed by atoms with Crippen LogP contribution < -0.4 is 10.2 Å². The van der Waals surface area contributed by atoms with Crippen molar-refractivity contribution in [2.45, 2.75) is 51.3 Å². The molecule has 0 unspecified atom stereocenters. The number of hydrogen-bond donors (Lipinski definition) is 1. The Kier molecular flexibility index (Phi) is 9.04. The average Bonchev–Trinajstić information content (AvgIpc) is 3.30. The van der Waals surface area contributed by atoms with E-state index in [4.69, 9.17) is 14.5 Å². The summed E-state index contributed by atoms with van der Waals surface area (Å²) in [6.45, 7) is 4.48. The average molecular weight is 519 g/mol. The maximum Gasteiger partial charge on any atom is 0.409 e. The fraction of sp³-hybridized carbons (Fsp3) is 0.500. The first-order valence-corrected chi connectivity index (χ1v) is 13.9. The van der Waals surface area contributed by atoms with Gasteiger partial charge in [0, 0.05) is 37.7 Å². The summed E-state index contributed by atoms with van der Waals surface area (Å²) in [6, 6.07) is 17.6. The summed E-state index contributed by atoms with van der Waals surface area (Å²) in [6.07, 6.45) is 5.16. The van der Waals surface area contributed by atoms with Gasteiger partial charge >= 0.3 is 6.09 Å². The van der Waals surface area contributed by atoms with Crippen molar-refractivity contribution < 1.29 is 19.1 Å². The van der Waals surface area contributed by atoms with Crippen molar-refractivity contribution in [3.63, 3.8) is 0 Å². The van der Waals surface area contributed by atoms with Crippen LogP contribution in [0.2, 0.25) is 0 Å². The highest BCUT2D eigenvalue weighted by molar-refractivity contribution is 6.14. The van der Waals surface area contributed by atoms with E-state index in [-0.39, 0.29) is 18.4 Å². The van der Waals surface area contributed by atoms with Crippen molar-refractivity contribution in [2.75, 3.05) is 44.3 Å². The summed E-state index contributed by atoms with van der Waals surface area (Å²) in [5.74, 6) is 0.0290. The van der Waals surface area contributed by atoms with Crippen molar-refractivity contribution in [1.29, 1.82) is 0 Å². The van der Waals surface area contributed by atoms with Crippen molar-refractivity contribution in [1.82, 2.24) is 10.2 Å². The molecule has 1 saturated heterocycles. The van der Waals surface area contributed by atoms with Gasteiger partial charge in [0.25, 0.3) is 5.91 Å². The Hall–Kier alpha value is -3.23. The molecule has 1 atom stereocenters. The first kappa shape index (κ1) is 26.4. The molecule has 0 radical (unpaired) electrons. The van der Waals surface area contributed by atoms with Crippen LogP contribution in [0, 0.1) is 5.92 Å². The summed E-state index contributed by atoms with van der Waals surface area (Å²) in [4.78, 5) is 36.0. The van der Waals surface area contributed by atoms with Crippen LogP contribution in [0.25, 0.3) is 0 Å². The molecule has 202 valence electrons. The Balaban J connectivity index is 1.41. The molecular formula is C30H38N4O4. The summed E-state index contributed by atoms with van der Waals surface area (Å²) in [7, 11) is 0. The molecule has 0 spiro atoms. The lowest BCUT2D eigenvalue weighted by atomic mass is 9.89. The minimum absolute atomic E-state index is 0.133. The lowest BCUT2D eigenvalue weighted by molar-refractivity contribution is -0.120. The van der Waals surface area contributed by atoms with Crippen LogP contribution in [-0.4, -0.2) is 68.2 Å². The molecule has 8 heteroatoms. The molecule has 0 bridgehead atoms. The van der Waals surface area contributed by atoms with Crippen LogP contribution in [0.1, 0.15) is 49.7 Å². The van der Waals surface area contributed by atoms with Crippen LogP contribution in [0.15, 0.2) is 59.6 Å². The smallest absolute Gasteiger partial charge is 0.409 e. The predicted molar refractivity (Wildman–Crippen MR) is 147 cm³/mol. The van der Waals surface area contributed by atoms with Gasteiger partial charge in [-0.2, -0.15) is 0 Å². The molecule has 1 aliphatic carbocycles. The number of carbonyl (C=O) groups excluding carboxylic acids is 2. The zero-order chi connectivity index (χ0) is 26.2. The number of benzene rings is 2. The lowest BCUT2D eigenvalue weighted by Crippen LogP contribution is -2.50. The molecular weight excluding hydrogens is 480 g/mol. The third kappa shape index (κ3) is 6.60. The van der Waals surface area contributed by atoms with Crippen LogP contribution in [0.4, 0.5) is 10.5 Å². The number of carbonyl (C=O) groups is 2. The number of para-hydroxylation sites is 1. The largest absolute Gasteiger partial charge is 0.445 e. The third-order valence-corrected chi connectivity index (χ3v) is 7.69. The Labute approximate surface area is 225 Å². The van der Waals surface area contributed by atoms with E-state index in [1.807, 2.05) is 48.5 Å². The number of ether oxygens (including phenoxy) is 2. The molecule has 1 N–H and O–H groups in total. The number of aliphatic imine (C=N–C) groups is 1. The van der Waals surface area contributed by atoms with Gasteiger partial charge in [0.1, 0.15) is 6.61 Å². The van der Waals surface area contributed by atoms with Crippen LogP contribution in [0.3, 0.4) is 0 Å². The Bertz CT molecular complexity index is 1110. The topological polar surface area (TPSA) is 83.5 Å². The predicted octanol–water partition coefficient (Wildman–Crippen LogP) is 4.38. The monoisotopic (exact) mass is 518 g/mol. The highest BCUT2D eigenvalue weighted by atomic mass is 16.5. The first-order valence-electron chi connectivity index (χ1n) is 13.9. The summed E-state index contributed by atoms with van der Waals surface area (Å²) < 4.78 is 11.0. The van der Waals surface area contributed by atoms with Gasteiger partial charge in [-0.25, -0.2) is 4.79 Å². The first-order chi connectivity index (χ1) is 18.7. The lowest BCUT2D eigenvalue weighted by Gasteiger charge is -2.31. The number of anilines is 1. The quantitative estimate of drug-likeness (QED) is 0.550. The number of hydrogen-bond acceptors (Lipinski definition) is 6. The fourth-order valence-electron chi connectivity index (χ4n) is 5.60. The molecule has 2 aliphatic heterocycles. The number of nitrogens with one attached hydrogen (secondary N) is 1. The van der Waals surface area contributed by atoms with Crippen molar-refractivity contribution in [3.05, 3.63) is 65.7 Å². The second-order valence-electron chi connectivity index (χ2n) is 10.3. The van der Waals surface area contributed by atoms with Gasteiger partial charge in [0.2, 0.25) is 6.17 Å². The molecule has 2 fully saturated rings. The van der Waals surface area contributed by atoms with Crippen LogP contribution in [-0.2, 0) is 20.9 Å². The van der Waals surface area contributed by atoms with Gasteiger partial charge in [-0.15, -0.1) is 0 Å². The maximum atomic E-state index is 14.0. The van der Waals surface area contributed by atoms with Gasteiger partial charge in [-0.1, -0.05) is 74.2 Å². The molecule has 2 aromatic carbocycles. The normalized spacial score (nSPS) is 21.2. The third-order valence-electron chi connectivity index (χ3n) is 7.69. The second kappa shape index (κ2) is 13.0. The zero-order valence-corrected chi connectivity index (χ0v) is 22.0. The van der Waals surface area contributed by atoms with Gasteiger partial charge in [-0.3, -0.25) is 20.0 Å². The number of amides is 2. The Morgan fingerprint density at radius 3 is 2.42 bits per heavy atom. The van der Waals surface area contributed by atoms with Gasteiger partial charge in [0.05, 0.1) is 24.6 Å². The van der Waals surface area contributed by atoms with E-state index >= 15 is 0 Å². The maximum absolute atomic E-state index is 14.0. The molecule has 0 aromatic heterocycles. The van der Waals surface area contributed by atoms with Crippen LogP contribution >= 0.6 is 0 Å². The van der Waals surface area contributed by atoms with E-state index in [2.05, 4.69) is 16.3 Å². The Morgan fingerprint density at radius 2 is 1.66 bits per heavy atom. The minimum Gasteiger partial charge on any atom is -0.445 e. The van der Waals surface area contributed by atoms with E-state index in [1.165, 1.54) is 12.8 Å². The zero-order valence-electron chi connectivity index (χ0n) is 22.0. The highest BCUT2D eigenvalue weighted by Crippen LogP contribution is 2.33. The van der Waals surface area contributed by atoms with E-state index in [9.17, 15) is 9.59 Å². The molecule has 1 saturated carbocycles. The van der Waals surface area contributed by atoms with E-state index in [0.717, 1.165) is 67.8 Å². The van der Waals surface area contributed by atoms with Crippen LogP contribution in [0.5, 0.6) is 0 Å².